The Morgan fingerprint density at radius 3 is 2.69 bits per heavy atom. The summed E-state index contributed by atoms with van der Waals surface area (Å²) in [4.78, 5) is 11.5. The van der Waals surface area contributed by atoms with E-state index in [0.717, 1.165) is 12.0 Å². The first-order valence-electron chi connectivity index (χ1n) is 5.35. The lowest BCUT2D eigenvalue weighted by molar-refractivity contribution is -0.115. The number of carbonyl (C=O) groups excluding carboxylic acids is 1. The highest BCUT2D eigenvalue weighted by atomic mass is 35.5. The minimum absolute atomic E-state index is 0.0765. The fraction of sp³-hybridized carbons (Fsp3) is 0.417. The number of amides is 1. The second-order valence-corrected chi connectivity index (χ2v) is 4.10. The van der Waals surface area contributed by atoms with Crippen molar-refractivity contribution in [2.24, 2.45) is 0 Å². The van der Waals surface area contributed by atoms with Crippen molar-refractivity contribution in [1.29, 1.82) is 0 Å². The summed E-state index contributed by atoms with van der Waals surface area (Å²) in [5.74, 6) is -0.212. The summed E-state index contributed by atoms with van der Waals surface area (Å²) in [5.41, 5.74) is 1.43. The van der Waals surface area contributed by atoms with E-state index in [9.17, 15) is 9.90 Å². The number of phenols is 1. The predicted molar refractivity (Wildman–Crippen MR) is 66.0 cm³/mol. The number of anilines is 1. The zero-order valence-corrected chi connectivity index (χ0v) is 10.2. The number of rotatable bonds is 4. The molecule has 0 aliphatic heterocycles. The van der Waals surface area contributed by atoms with Gasteiger partial charge in [0.15, 0.2) is 0 Å². The van der Waals surface area contributed by atoms with Crippen LogP contribution in [-0.4, -0.2) is 16.4 Å². The molecule has 0 aliphatic carbocycles. The van der Waals surface area contributed by atoms with E-state index in [1.165, 1.54) is 0 Å². The molecule has 88 valence electrons. The number of carbonyl (C=O) groups is 1. The number of phenolic OH excluding ortho intramolecular Hbond substituents is 1. The minimum Gasteiger partial charge on any atom is -0.506 e. The maximum atomic E-state index is 11.5. The van der Waals surface area contributed by atoms with Crippen molar-refractivity contribution in [1.82, 2.24) is 0 Å². The standard InChI is InChI=1S/C12H16ClNO2/c1-3-8-5-6-10(11(15)7-8)14-12(16)9(13)4-2/h5-7,9,15H,3-4H2,1-2H3,(H,14,16). The molecule has 0 saturated carbocycles. The van der Waals surface area contributed by atoms with Gasteiger partial charge in [-0.25, -0.2) is 0 Å². The van der Waals surface area contributed by atoms with Crippen LogP contribution in [0, 0.1) is 0 Å². The highest BCUT2D eigenvalue weighted by Gasteiger charge is 2.14. The molecule has 1 unspecified atom stereocenters. The molecule has 2 N–H and O–H groups in total. The summed E-state index contributed by atoms with van der Waals surface area (Å²) in [5, 5.41) is 11.7. The topological polar surface area (TPSA) is 49.3 Å². The average molecular weight is 242 g/mol. The van der Waals surface area contributed by atoms with Crippen LogP contribution in [0.5, 0.6) is 5.75 Å². The normalized spacial score (nSPS) is 12.2. The maximum Gasteiger partial charge on any atom is 0.242 e. The fourth-order valence-electron chi connectivity index (χ4n) is 1.30. The summed E-state index contributed by atoms with van der Waals surface area (Å²) in [6, 6.07) is 5.20. The largest absolute Gasteiger partial charge is 0.506 e. The quantitative estimate of drug-likeness (QED) is 0.629. The zero-order chi connectivity index (χ0) is 12.1. The molecule has 16 heavy (non-hydrogen) atoms. The number of aryl methyl sites for hydroxylation is 1. The van der Waals surface area contributed by atoms with Crippen LogP contribution in [0.4, 0.5) is 5.69 Å². The first kappa shape index (κ1) is 12.8. The van der Waals surface area contributed by atoms with Crippen LogP contribution in [0.2, 0.25) is 0 Å². The first-order chi connectivity index (χ1) is 7.58. The highest BCUT2D eigenvalue weighted by Crippen LogP contribution is 2.25. The third kappa shape index (κ3) is 3.14. The van der Waals surface area contributed by atoms with E-state index in [0.29, 0.717) is 12.1 Å². The third-order valence-electron chi connectivity index (χ3n) is 2.37. The van der Waals surface area contributed by atoms with Gasteiger partial charge in [-0.1, -0.05) is 19.9 Å². The second kappa shape index (κ2) is 5.75. The molecule has 1 aromatic carbocycles. The Morgan fingerprint density at radius 2 is 2.19 bits per heavy atom. The third-order valence-corrected chi connectivity index (χ3v) is 2.88. The second-order valence-electron chi connectivity index (χ2n) is 3.57. The van der Waals surface area contributed by atoms with Crippen molar-refractivity contribution in [3.05, 3.63) is 23.8 Å². The molecule has 4 heteroatoms. The van der Waals surface area contributed by atoms with Gasteiger partial charge in [-0.3, -0.25) is 4.79 Å². The van der Waals surface area contributed by atoms with Crippen molar-refractivity contribution in [3.63, 3.8) is 0 Å². The molecule has 0 aliphatic rings. The molecule has 0 aromatic heterocycles. The predicted octanol–water partition coefficient (Wildman–Crippen LogP) is 2.91. The summed E-state index contributed by atoms with van der Waals surface area (Å²) in [7, 11) is 0. The van der Waals surface area contributed by atoms with Crippen LogP contribution < -0.4 is 5.32 Å². The Kier molecular flexibility index (Phi) is 4.62. The van der Waals surface area contributed by atoms with Crippen LogP contribution in [-0.2, 0) is 11.2 Å². The lowest BCUT2D eigenvalue weighted by atomic mass is 10.1. The van der Waals surface area contributed by atoms with Crippen molar-refractivity contribution < 1.29 is 9.90 Å². The number of hydrogen-bond acceptors (Lipinski definition) is 2. The van der Waals surface area contributed by atoms with Crippen LogP contribution in [0.1, 0.15) is 25.8 Å². The monoisotopic (exact) mass is 241 g/mol. The van der Waals surface area contributed by atoms with Crippen molar-refractivity contribution in [3.8, 4) is 5.75 Å². The van der Waals surface area contributed by atoms with Gasteiger partial charge in [0.25, 0.3) is 0 Å². The summed E-state index contributed by atoms with van der Waals surface area (Å²) >= 11 is 5.78. The van der Waals surface area contributed by atoms with E-state index in [2.05, 4.69) is 5.32 Å². The van der Waals surface area contributed by atoms with Gasteiger partial charge >= 0.3 is 0 Å². The van der Waals surface area contributed by atoms with Gasteiger partial charge in [0.2, 0.25) is 5.91 Å². The molecule has 1 aromatic rings. The average Bonchev–Trinajstić information content (AvgIpc) is 2.30. The number of alkyl halides is 1. The van der Waals surface area contributed by atoms with Crippen LogP contribution in [0.25, 0.3) is 0 Å². The van der Waals surface area contributed by atoms with Crippen LogP contribution >= 0.6 is 11.6 Å². The Hall–Kier alpha value is -1.22. The summed E-state index contributed by atoms with van der Waals surface area (Å²) in [6.45, 7) is 3.83. The summed E-state index contributed by atoms with van der Waals surface area (Å²) < 4.78 is 0. The van der Waals surface area contributed by atoms with E-state index in [-0.39, 0.29) is 11.7 Å². The number of halogens is 1. The minimum atomic E-state index is -0.565. The highest BCUT2D eigenvalue weighted by molar-refractivity contribution is 6.32. The van der Waals surface area contributed by atoms with Gasteiger partial charge in [0.05, 0.1) is 5.69 Å². The molecule has 1 rings (SSSR count). The van der Waals surface area contributed by atoms with Crippen molar-refractivity contribution in [2.75, 3.05) is 5.32 Å². The number of hydrogen-bond donors (Lipinski definition) is 2. The Morgan fingerprint density at radius 1 is 1.50 bits per heavy atom. The van der Waals surface area contributed by atoms with Crippen molar-refractivity contribution in [2.45, 2.75) is 32.1 Å². The molecule has 3 nitrogen and oxygen atoms in total. The molecular weight excluding hydrogens is 226 g/mol. The van der Waals surface area contributed by atoms with Gasteiger partial charge in [0, 0.05) is 0 Å². The van der Waals surface area contributed by atoms with Gasteiger partial charge in [-0.2, -0.15) is 0 Å². The van der Waals surface area contributed by atoms with Crippen molar-refractivity contribution >= 4 is 23.2 Å². The van der Waals surface area contributed by atoms with E-state index >= 15 is 0 Å². The van der Waals surface area contributed by atoms with Crippen LogP contribution in [0.15, 0.2) is 18.2 Å². The Bertz CT molecular complexity index is 379. The maximum absolute atomic E-state index is 11.5. The van der Waals surface area contributed by atoms with Gasteiger partial charge < -0.3 is 10.4 Å². The van der Waals surface area contributed by atoms with Gasteiger partial charge in [-0.15, -0.1) is 11.6 Å². The fourth-order valence-corrected chi connectivity index (χ4v) is 1.35. The van der Waals surface area contributed by atoms with E-state index in [4.69, 9.17) is 11.6 Å². The summed E-state index contributed by atoms with van der Waals surface area (Å²) in [6.07, 6.45) is 1.40. The van der Waals surface area contributed by atoms with Crippen LogP contribution in [0.3, 0.4) is 0 Å². The number of aromatic hydroxyl groups is 1. The Labute approximate surface area is 100 Å². The van der Waals surface area contributed by atoms with Gasteiger partial charge in [0.1, 0.15) is 11.1 Å². The van der Waals surface area contributed by atoms with Gasteiger partial charge in [-0.05, 0) is 30.5 Å². The smallest absolute Gasteiger partial charge is 0.242 e. The lowest BCUT2D eigenvalue weighted by Gasteiger charge is -2.10. The number of nitrogens with one attached hydrogen (secondary N) is 1. The molecule has 0 spiro atoms. The van der Waals surface area contributed by atoms with E-state index in [1.807, 2.05) is 19.9 Å². The molecular formula is C12H16ClNO2. The van der Waals surface area contributed by atoms with E-state index < -0.39 is 5.38 Å². The molecule has 0 fully saturated rings. The Balaban J connectivity index is 2.78. The van der Waals surface area contributed by atoms with E-state index in [1.54, 1.807) is 12.1 Å². The molecule has 0 heterocycles. The molecule has 0 radical (unpaired) electrons. The first-order valence-corrected chi connectivity index (χ1v) is 5.79. The molecule has 1 atom stereocenters. The molecule has 0 saturated heterocycles. The SMILES string of the molecule is CCc1ccc(NC(=O)C(Cl)CC)c(O)c1. The number of benzene rings is 1. The molecule has 1 amide bonds. The zero-order valence-electron chi connectivity index (χ0n) is 9.46. The lowest BCUT2D eigenvalue weighted by Crippen LogP contribution is -2.22. The molecule has 0 bridgehead atoms.